The van der Waals surface area contributed by atoms with E-state index in [4.69, 9.17) is 4.74 Å². The second-order valence-electron chi connectivity index (χ2n) is 6.79. The van der Waals surface area contributed by atoms with Crippen LogP contribution in [0.25, 0.3) is 22.4 Å². The molecular formula is C22H21N3O3S. The van der Waals surface area contributed by atoms with Crippen molar-refractivity contribution in [3.63, 3.8) is 0 Å². The van der Waals surface area contributed by atoms with Crippen molar-refractivity contribution in [1.82, 2.24) is 4.98 Å². The Hall–Kier alpha value is -3.37. The Bertz CT molecular complexity index is 1180. The minimum absolute atomic E-state index is 0.236. The molecule has 0 amide bonds. The van der Waals surface area contributed by atoms with E-state index < -0.39 is 9.84 Å². The summed E-state index contributed by atoms with van der Waals surface area (Å²) in [5, 5.41) is 9.48. The number of hydrogen-bond acceptors (Lipinski definition) is 6. The van der Waals surface area contributed by atoms with Crippen molar-refractivity contribution < 1.29 is 13.2 Å². The topological polar surface area (TPSA) is 83.3 Å². The van der Waals surface area contributed by atoms with E-state index in [1.165, 1.54) is 13.4 Å². The summed E-state index contributed by atoms with van der Waals surface area (Å²) in [6, 6.07) is 18.3. The molecule has 0 atom stereocenters. The summed E-state index contributed by atoms with van der Waals surface area (Å²) in [7, 11) is 2.11. The van der Waals surface area contributed by atoms with Gasteiger partial charge in [0.15, 0.2) is 9.84 Å². The summed E-state index contributed by atoms with van der Waals surface area (Å²) in [4.78, 5) is 6.82. The second kappa shape index (κ2) is 7.94. The molecule has 7 heteroatoms. The van der Waals surface area contributed by atoms with Crippen LogP contribution in [0.5, 0.6) is 5.88 Å². The van der Waals surface area contributed by atoms with Crippen molar-refractivity contribution in [3.05, 3.63) is 60.2 Å². The third kappa shape index (κ3) is 4.23. The van der Waals surface area contributed by atoms with Crippen molar-refractivity contribution in [3.8, 4) is 34.3 Å². The van der Waals surface area contributed by atoms with Gasteiger partial charge in [-0.15, -0.1) is 0 Å². The highest BCUT2D eigenvalue weighted by molar-refractivity contribution is 7.90. The second-order valence-corrected chi connectivity index (χ2v) is 8.81. The smallest absolute Gasteiger partial charge is 0.232 e. The number of methoxy groups -OCH3 is 1. The Morgan fingerprint density at radius 3 is 2.07 bits per heavy atom. The molecule has 0 N–H and O–H groups in total. The predicted molar refractivity (Wildman–Crippen MR) is 114 cm³/mol. The number of nitriles is 1. The van der Waals surface area contributed by atoms with E-state index in [1.807, 2.05) is 43.3 Å². The van der Waals surface area contributed by atoms with Gasteiger partial charge in [0, 0.05) is 37.2 Å². The van der Waals surface area contributed by atoms with Crippen molar-refractivity contribution in [2.45, 2.75) is 4.90 Å². The number of anilines is 1. The minimum atomic E-state index is -3.29. The van der Waals surface area contributed by atoms with Crippen LogP contribution in [0.4, 0.5) is 5.69 Å². The first-order chi connectivity index (χ1) is 13.7. The van der Waals surface area contributed by atoms with Gasteiger partial charge in [0.25, 0.3) is 0 Å². The van der Waals surface area contributed by atoms with E-state index in [9.17, 15) is 13.7 Å². The van der Waals surface area contributed by atoms with Gasteiger partial charge < -0.3 is 9.64 Å². The number of pyridine rings is 1. The normalized spacial score (nSPS) is 11.0. The number of ether oxygens (including phenoxy) is 1. The summed E-state index contributed by atoms with van der Waals surface area (Å²) in [6.45, 7) is 0. The van der Waals surface area contributed by atoms with Crippen molar-refractivity contribution in [2.24, 2.45) is 0 Å². The van der Waals surface area contributed by atoms with Gasteiger partial charge in [-0.1, -0.05) is 24.3 Å². The molecule has 1 aromatic heterocycles. The van der Waals surface area contributed by atoms with Gasteiger partial charge in [-0.2, -0.15) is 5.26 Å². The maximum Gasteiger partial charge on any atom is 0.232 e. The lowest BCUT2D eigenvalue weighted by Gasteiger charge is -2.15. The maximum atomic E-state index is 11.8. The summed E-state index contributed by atoms with van der Waals surface area (Å²) >= 11 is 0. The van der Waals surface area contributed by atoms with Gasteiger partial charge in [-0.05, 0) is 35.9 Å². The zero-order valence-corrected chi connectivity index (χ0v) is 17.5. The Balaban J connectivity index is 2.21. The van der Waals surface area contributed by atoms with Gasteiger partial charge in [0.2, 0.25) is 5.88 Å². The fraction of sp³-hybridized carbons (Fsp3) is 0.182. The Morgan fingerprint density at radius 2 is 1.59 bits per heavy atom. The van der Waals surface area contributed by atoms with Crippen LogP contribution >= 0.6 is 0 Å². The fourth-order valence-corrected chi connectivity index (χ4v) is 3.60. The largest absolute Gasteiger partial charge is 0.480 e. The van der Waals surface area contributed by atoms with E-state index in [2.05, 4.69) is 11.1 Å². The van der Waals surface area contributed by atoms with E-state index >= 15 is 0 Å². The lowest BCUT2D eigenvalue weighted by molar-refractivity contribution is 0.397. The van der Waals surface area contributed by atoms with Gasteiger partial charge in [-0.3, -0.25) is 0 Å². The van der Waals surface area contributed by atoms with Crippen molar-refractivity contribution >= 4 is 15.5 Å². The molecule has 0 spiro atoms. The van der Waals surface area contributed by atoms with E-state index in [0.717, 1.165) is 22.4 Å². The molecule has 148 valence electrons. The molecule has 0 aliphatic heterocycles. The lowest BCUT2D eigenvalue weighted by atomic mass is 9.97. The third-order valence-corrected chi connectivity index (χ3v) is 5.68. The molecule has 0 bridgehead atoms. The monoisotopic (exact) mass is 407 g/mol. The van der Waals surface area contributed by atoms with Gasteiger partial charge in [0.05, 0.1) is 17.7 Å². The van der Waals surface area contributed by atoms with Crippen LogP contribution in [0.2, 0.25) is 0 Å². The summed E-state index contributed by atoms with van der Waals surface area (Å²) in [5.74, 6) is 0.246. The van der Waals surface area contributed by atoms with Crippen molar-refractivity contribution in [1.29, 1.82) is 5.26 Å². The van der Waals surface area contributed by atoms with Crippen LogP contribution in [0.15, 0.2) is 59.5 Å². The first-order valence-electron chi connectivity index (χ1n) is 8.82. The molecule has 2 aromatic carbocycles. The number of hydrogen-bond donors (Lipinski definition) is 0. The maximum absolute atomic E-state index is 11.8. The first kappa shape index (κ1) is 20.4. The average molecular weight is 407 g/mol. The molecule has 0 unspecified atom stereocenters. The number of sulfone groups is 1. The number of rotatable bonds is 5. The molecule has 0 fully saturated rings. The zero-order valence-electron chi connectivity index (χ0n) is 16.7. The molecule has 0 saturated heterocycles. The quantitative estimate of drug-likeness (QED) is 0.640. The molecule has 0 saturated carbocycles. The number of benzene rings is 2. The molecule has 0 aliphatic carbocycles. The van der Waals surface area contributed by atoms with Crippen LogP contribution in [-0.2, 0) is 9.84 Å². The van der Waals surface area contributed by atoms with Crippen LogP contribution in [0.3, 0.4) is 0 Å². The molecule has 29 heavy (non-hydrogen) atoms. The van der Waals surface area contributed by atoms with E-state index in [1.54, 1.807) is 30.3 Å². The van der Waals surface area contributed by atoms with Crippen molar-refractivity contribution in [2.75, 3.05) is 32.4 Å². The zero-order chi connectivity index (χ0) is 21.2. The fourth-order valence-electron chi connectivity index (χ4n) is 2.97. The van der Waals surface area contributed by atoms with Gasteiger partial charge in [-0.25, -0.2) is 13.4 Å². The highest BCUT2D eigenvalue weighted by Gasteiger charge is 2.16. The SMILES string of the molecule is COc1nc(-c2ccc(N(C)C)cc2)c(-c2ccc(S(C)(=O)=O)cc2)cc1C#N. The number of nitrogens with zero attached hydrogens (tertiary/aromatic N) is 3. The molecule has 0 radical (unpaired) electrons. The predicted octanol–water partition coefficient (Wildman–Crippen LogP) is 3.77. The summed E-state index contributed by atoms with van der Waals surface area (Å²) in [5.41, 5.74) is 4.35. The van der Waals surface area contributed by atoms with Crippen LogP contribution in [-0.4, -0.2) is 40.9 Å². The van der Waals surface area contributed by atoms with Gasteiger partial charge in [0.1, 0.15) is 11.6 Å². The Labute approximate surface area is 170 Å². The molecule has 6 nitrogen and oxygen atoms in total. The summed E-state index contributed by atoms with van der Waals surface area (Å²) < 4.78 is 28.8. The standard InChI is InChI=1S/C22H21N3O3S/c1-25(2)18-9-5-16(6-10-18)21-20(13-17(14-23)22(24-21)28-3)15-7-11-19(12-8-15)29(4,26)27/h5-13H,1-4H3. The third-order valence-electron chi connectivity index (χ3n) is 4.55. The highest BCUT2D eigenvalue weighted by atomic mass is 32.2. The lowest BCUT2D eigenvalue weighted by Crippen LogP contribution is -2.08. The van der Waals surface area contributed by atoms with Gasteiger partial charge >= 0.3 is 0 Å². The minimum Gasteiger partial charge on any atom is -0.480 e. The van der Waals surface area contributed by atoms with E-state index in [0.29, 0.717) is 11.3 Å². The average Bonchev–Trinajstić information content (AvgIpc) is 2.72. The molecule has 3 aromatic rings. The first-order valence-corrected chi connectivity index (χ1v) is 10.7. The van der Waals surface area contributed by atoms with E-state index in [-0.39, 0.29) is 10.8 Å². The van der Waals surface area contributed by atoms with Crippen LogP contribution < -0.4 is 9.64 Å². The summed E-state index contributed by atoms with van der Waals surface area (Å²) in [6.07, 6.45) is 1.17. The highest BCUT2D eigenvalue weighted by Crippen LogP contribution is 2.35. The van der Waals surface area contributed by atoms with Crippen LogP contribution in [0.1, 0.15) is 5.56 Å². The molecular weight excluding hydrogens is 386 g/mol. The molecule has 3 rings (SSSR count). The Kier molecular flexibility index (Phi) is 5.57. The Morgan fingerprint density at radius 1 is 1.00 bits per heavy atom. The van der Waals surface area contributed by atoms with Crippen LogP contribution in [0, 0.1) is 11.3 Å². The number of aromatic nitrogens is 1. The molecule has 1 heterocycles. The molecule has 0 aliphatic rings.